The number of piperazine rings is 1. The van der Waals surface area contributed by atoms with Crippen molar-refractivity contribution in [1.82, 2.24) is 14.5 Å². The summed E-state index contributed by atoms with van der Waals surface area (Å²) in [5.74, 6) is -1.85. The van der Waals surface area contributed by atoms with Gasteiger partial charge in [0.1, 0.15) is 23.3 Å². The van der Waals surface area contributed by atoms with E-state index < -0.39 is 17.4 Å². The van der Waals surface area contributed by atoms with Crippen molar-refractivity contribution in [2.24, 2.45) is 0 Å². The number of nitrogens with two attached hydrogens (primary N) is 1. The molecule has 1 atom stereocenters. The maximum atomic E-state index is 15.1. The standard InChI is InChI=1S/C32H30ClFN6O4/c1-5-24(42)38-12-13-39-22(15-38)31(43)37(4)29-28(39)18-14-19(33)26(25-20(34)9-7-11-23(25)41)36-30(18)40(32(29)44)27-17(16(2)3)8-6-10-21(27)35/h5-11,14,16,22,41H,1,12-13,15,35H2,2-4H3/t22-/m1/s1. The van der Waals surface area contributed by atoms with Crippen molar-refractivity contribution in [3.63, 3.8) is 0 Å². The molecule has 0 bridgehead atoms. The average molecular weight is 617 g/mol. The number of anilines is 3. The number of carbonyl (C=O) groups is 2. The average Bonchev–Trinajstić information content (AvgIpc) is 2.99. The lowest BCUT2D eigenvalue weighted by molar-refractivity contribution is -0.128. The Balaban J connectivity index is 1.75. The number of halogens is 2. The number of benzene rings is 2. The third-order valence-corrected chi connectivity index (χ3v) is 8.62. The van der Waals surface area contributed by atoms with Gasteiger partial charge in [-0.1, -0.05) is 50.2 Å². The Morgan fingerprint density at radius 1 is 1.16 bits per heavy atom. The van der Waals surface area contributed by atoms with Crippen LogP contribution in [-0.2, 0) is 9.59 Å². The highest BCUT2D eigenvalue weighted by molar-refractivity contribution is 6.34. The molecule has 6 rings (SSSR count). The summed E-state index contributed by atoms with van der Waals surface area (Å²) in [5.41, 5.74) is 7.73. The van der Waals surface area contributed by atoms with Gasteiger partial charge >= 0.3 is 0 Å². The Bertz CT molecular complexity index is 1940. The summed E-state index contributed by atoms with van der Waals surface area (Å²) in [5, 5.41) is 11.1. The highest BCUT2D eigenvalue weighted by atomic mass is 35.5. The first-order chi connectivity index (χ1) is 21.0. The number of nitrogen functional groups attached to an aromatic ring is 1. The second-order valence-corrected chi connectivity index (χ2v) is 11.6. The van der Waals surface area contributed by atoms with Gasteiger partial charge in [0.05, 0.1) is 39.9 Å². The minimum atomic E-state index is -0.786. The molecule has 4 heterocycles. The molecule has 4 aromatic rings. The van der Waals surface area contributed by atoms with Crippen LogP contribution in [0.4, 0.5) is 21.5 Å². The lowest BCUT2D eigenvalue weighted by Gasteiger charge is -2.47. The Morgan fingerprint density at radius 3 is 2.57 bits per heavy atom. The van der Waals surface area contributed by atoms with Gasteiger partial charge in [-0.15, -0.1) is 0 Å². The van der Waals surface area contributed by atoms with Crippen molar-refractivity contribution in [3.05, 3.63) is 81.9 Å². The molecule has 1 saturated heterocycles. The molecular formula is C32H30ClFN6O4. The van der Waals surface area contributed by atoms with Gasteiger partial charge in [0.15, 0.2) is 5.65 Å². The van der Waals surface area contributed by atoms with Gasteiger partial charge in [-0.3, -0.25) is 19.0 Å². The fourth-order valence-corrected chi connectivity index (χ4v) is 6.45. The first kappa shape index (κ1) is 29.2. The summed E-state index contributed by atoms with van der Waals surface area (Å²) in [6.45, 7) is 8.10. The van der Waals surface area contributed by atoms with Crippen LogP contribution in [0.5, 0.6) is 5.75 Å². The summed E-state index contributed by atoms with van der Waals surface area (Å²) >= 11 is 6.78. The third kappa shape index (κ3) is 4.29. The summed E-state index contributed by atoms with van der Waals surface area (Å²) in [7, 11) is 1.52. The van der Waals surface area contributed by atoms with Crippen molar-refractivity contribution < 1.29 is 19.1 Å². The van der Waals surface area contributed by atoms with Gasteiger partial charge in [0.2, 0.25) is 5.91 Å². The largest absolute Gasteiger partial charge is 0.507 e. The first-order valence-corrected chi connectivity index (χ1v) is 14.4. The number of pyridine rings is 2. The molecule has 2 aliphatic rings. The fraction of sp³-hybridized carbons (Fsp3) is 0.250. The molecule has 0 aliphatic carbocycles. The number of rotatable bonds is 4. The molecule has 10 nitrogen and oxygen atoms in total. The van der Waals surface area contributed by atoms with Crippen molar-refractivity contribution in [1.29, 1.82) is 0 Å². The van der Waals surface area contributed by atoms with E-state index in [0.717, 1.165) is 5.56 Å². The fourth-order valence-electron chi connectivity index (χ4n) is 6.21. The molecule has 44 heavy (non-hydrogen) atoms. The van der Waals surface area contributed by atoms with Crippen LogP contribution in [0.1, 0.15) is 25.3 Å². The molecule has 0 spiro atoms. The number of likely N-dealkylation sites (N-methyl/N-ethyl adjacent to an activating group) is 1. The zero-order chi connectivity index (χ0) is 31.6. The van der Waals surface area contributed by atoms with Gasteiger partial charge in [0.25, 0.3) is 11.5 Å². The maximum absolute atomic E-state index is 15.1. The molecule has 3 N–H and O–H groups in total. The normalized spacial score (nSPS) is 16.4. The highest BCUT2D eigenvalue weighted by Crippen LogP contribution is 2.44. The zero-order valence-corrected chi connectivity index (χ0v) is 25.1. The van der Waals surface area contributed by atoms with Crippen LogP contribution in [0.3, 0.4) is 0 Å². The summed E-state index contributed by atoms with van der Waals surface area (Å²) in [4.78, 5) is 50.3. The lowest BCUT2D eigenvalue weighted by atomic mass is 9.98. The van der Waals surface area contributed by atoms with E-state index in [9.17, 15) is 19.5 Å². The van der Waals surface area contributed by atoms with Gasteiger partial charge in [-0.25, -0.2) is 9.37 Å². The van der Waals surface area contributed by atoms with Gasteiger partial charge in [0, 0.05) is 25.5 Å². The SMILES string of the molecule is C=CC(=O)N1CCN2c3c(c(=O)n(-c4c(N)cccc4C(C)C)c4nc(-c5c(O)cccc5F)c(Cl)cc34)N(C)C(=O)[C@H]2C1. The summed E-state index contributed by atoms with van der Waals surface area (Å²) < 4.78 is 16.5. The van der Waals surface area contributed by atoms with E-state index in [1.54, 1.807) is 23.1 Å². The molecule has 1 fully saturated rings. The number of para-hydroxylation sites is 1. The van der Waals surface area contributed by atoms with E-state index in [2.05, 4.69) is 6.58 Å². The summed E-state index contributed by atoms with van der Waals surface area (Å²) in [6.07, 6.45) is 1.20. The molecule has 12 heteroatoms. The number of aromatic hydroxyl groups is 1. The molecule has 0 saturated carbocycles. The third-order valence-electron chi connectivity index (χ3n) is 8.33. The van der Waals surface area contributed by atoms with Crippen molar-refractivity contribution in [3.8, 4) is 22.7 Å². The molecule has 226 valence electrons. The van der Waals surface area contributed by atoms with E-state index in [1.165, 1.54) is 45.7 Å². The van der Waals surface area contributed by atoms with E-state index in [4.69, 9.17) is 22.3 Å². The molecule has 2 amide bonds. The minimum Gasteiger partial charge on any atom is -0.507 e. The highest BCUT2D eigenvalue weighted by Gasteiger charge is 2.44. The van der Waals surface area contributed by atoms with Gasteiger partial charge in [-0.05, 0) is 41.8 Å². The van der Waals surface area contributed by atoms with E-state index >= 15 is 4.39 Å². The number of amides is 2. The van der Waals surface area contributed by atoms with Gasteiger partial charge < -0.3 is 25.5 Å². The van der Waals surface area contributed by atoms with Crippen molar-refractivity contribution in [2.75, 3.05) is 42.2 Å². The Hall–Kier alpha value is -4.90. The van der Waals surface area contributed by atoms with Crippen LogP contribution >= 0.6 is 11.6 Å². The number of nitrogens with zero attached hydrogens (tertiary/aromatic N) is 5. The molecule has 2 aromatic carbocycles. The minimum absolute atomic E-state index is 0.0204. The molecule has 2 aliphatic heterocycles. The van der Waals surface area contributed by atoms with Crippen molar-refractivity contribution in [2.45, 2.75) is 25.8 Å². The number of phenols is 1. The smallest absolute Gasteiger partial charge is 0.283 e. The number of carbonyl (C=O) groups excluding carboxylic acids is 2. The number of hydrogen-bond donors (Lipinski definition) is 2. The van der Waals surface area contributed by atoms with E-state index in [1.807, 2.05) is 19.9 Å². The molecule has 0 radical (unpaired) electrons. The number of aromatic nitrogens is 2. The lowest BCUT2D eigenvalue weighted by Crippen LogP contribution is -2.63. The van der Waals surface area contributed by atoms with E-state index in [0.29, 0.717) is 22.4 Å². The second-order valence-electron chi connectivity index (χ2n) is 11.2. The van der Waals surface area contributed by atoms with Crippen LogP contribution in [0.15, 0.2) is 59.9 Å². The monoisotopic (exact) mass is 616 g/mol. The van der Waals surface area contributed by atoms with Crippen LogP contribution in [0.2, 0.25) is 5.02 Å². The first-order valence-electron chi connectivity index (χ1n) is 14.1. The number of phenolic OH excluding ortho intramolecular Hbond substituents is 1. The molecular weight excluding hydrogens is 587 g/mol. The van der Waals surface area contributed by atoms with Crippen molar-refractivity contribution >= 4 is 51.5 Å². The van der Waals surface area contributed by atoms with Crippen LogP contribution in [0, 0.1) is 5.82 Å². The van der Waals surface area contributed by atoms with Crippen LogP contribution in [-0.4, -0.2) is 64.1 Å². The predicted molar refractivity (Wildman–Crippen MR) is 169 cm³/mol. The number of hydrogen-bond acceptors (Lipinski definition) is 7. The molecule has 2 aromatic heterocycles. The van der Waals surface area contributed by atoms with Gasteiger partial charge in [-0.2, -0.15) is 0 Å². The summed E-state index contributed by atoms with van der Waals surface area (Å²) in [6, 6.07) is 9.95. The predicted octanol–water partition coefficient (Wildman–Crippen LogP) is 4.44. The van der Waals surface area contributed by atoms with Crippen LogP contribution in [0.25, 0.3) is 28.0 Å². The Kier molecular flexibility index (Phi) is 7.08. The Labute approximate surface area is 257 Å². The Morgan fingerprint density at radius 2 is 1.89 bits per heavy atom. The van der Waals surface area contributed by atoms with Crippen LogP contribution < -0.4 is 21.1 Å². The maximum Gasteiger partial charge on any atom is 0.283 e. The molecule has 0 unspecified atom stereocenters. The zero-order valence-electron chi connectivity index (χ0n) is 24.3. The quantitative estimate of drug-likeness (QED) is 0.257. The topological polar surface area (TPSA) is 125 Å². The number of fused-ring (bicyclic) bond motifs is 5. The second kappa shape index (κ2) is 10.7. The van der Waals surface area contributed by atoms with E-state index in [-0.39, 0.29) is 70.7 Å².